The van der Waals surface area contributed by atoms with E-state index >= 15 is 0 Å². The number of nitrogens with zero attached hydrogens (tertiary/aromatic N) is 1. The van der Waals surface area contributed by atoms with E-state index in [2.05, 4.69) is 0 Å². The summed E-state index contributed by atoms with van der Waals surface area (Å²) in [6.45, 7) is 0.613. The zero-order chi connectivity index (χ0) is 6.85. The highest BCUT2D eigenvalue weighted by atomic mass is 35.5. The molecule has 1 rings (SSSR count). The fraction of sp³-hybridized carbons (Fsp3) is 0.800. The summed E-state index contributed by atoms with van der Waals surface area (Å²) < 4.78 is 4.78. The highest BCUT2D eigenvalue weighted by molar-refractivity contribution is 6.18. The van der Waals surface area contributed by atoms with E-state index in [1.165, 1.54) is 4.90 Å². The minimum atomic E-state index is -0.277. The Morgan fingerprint density at radius 1 is 2.00 bits per heavy atom. The Morgan fingerprint density at radius 2 is 2.67 bits per heavy atom. The molecule has 52 valence electrons. The molecule has 1 fully saturated rings. The number of hydrogen-bond donors (Lipinski definition) is 0. The van der Waals surface area contributed by atoms with E-state index in [4.69, 9.17) is 16.3 Å². The van der Waals surface area contributed by atoms with Crippen LogP contribution in [0.4, 0.5) is 4.79 Å². The van der Waals surface area contributed by atoms with Gasteiger partial charge in [0.1, 0.15) is 6.10 Å². The molecule has 1 saturated heterocycles. The quantitative estimate of drug-likeness (QED) is 0.513. The molecule has 0 bridgehead atoms. The molecule has 9 heavy (non-hydrogen) atoms. The van der Waals surface area contributed by atoms with Crippen LogP contribution in [0.2, 0.25) is 0 Å². The molecule has 0 spiro atoms. The highest BCUT2D eigenvalue weighted by Crippen LogP contribution is 2.08. The van der Waals surface area contributed by atoms with Crippen molar-refractivity contribution in [1.82, 2.24) is 4.90 Å². The predicted octanol–water partition coefficient (Wildman–Crippen LogP) is 0.676. The number of cyclic esters (lactones) is 1. The van der Waals surface area contributed by atoms with Gasteiger partial charge in [-0.05, 0) is 0 Å². The monoisotopic (exact) mass is 149 g/mol. The van der Waals surface area contributed by atoms with Gasteiger partial charge in [0.15, 0.2) is 0 Å². The summed E-state index contributed by atoms with van der Waals surface area (Å²) >= 11 is 5.43. The lowest BCUT2D eigenvalue weighted by molar-refractivity contribution is 0.142. The largest absolute Gasteiger partial charge is 0.443 e. The SMILES string of the molecule is CN1C[C@H](CCl)OC1=O. The first-order valence-electron chi connectivity index (χ1n) is 2.71. The second kappa shape index (κ2) is 2.43. The zero-order valence-corrected chi connectivity index (χ0v) is 5.89. The molecule has 0 aromatic heterocycles. The van der Waals surface area contributed by atoms with Crippen LogP contribution in [0, 0.1) is 0 Å². The molecule has 4 heteroatoms. The van der Waals surface area contributed by atoms with Gasteiger partial charge in [-0.25, -0.2) is 4.79 Å². The standard InChI is InChI=1S/C5H8ClNO2/c1-7-3-4(2-6)9-5(7)8/h4H,2-3H2,1H3/t4-/m0/s1. The maximum Gasteiger partial charge on any atom is 0.410 e. The van der Waals surface area contributed by atoms with Crippen molar-refractivity contribution in [2.75, 3.05) is 19.5 Å². The maximum absolute atomic E-state index is 10.6. The van der Waals surface area contributed by atoms with Crippen molar-refractivity contribution in [1.29, 1.82) is 0 Å². The molecule has 0 aliphatic carbocycles. The smallest absolute Gasteiger partial charge is 0.410 e. The van der Waals surface area contributed by atoms with Gasteiger partial charge in [0.05, 0.1) is 12.4 Å². The van der Waals surface area contributed by atoms with Crippen molar-refractivity contribution in [2.24, 2.45) is 0 Å². The van der Waals surface area contributed by atoms with Crippen LogP contribution in [-0.2, 0) is 4.74 Å². The van der Waals surface area contributed by atoms with Crippen molar-refractivity contribution in [2.45, 2.75) is 6.10 Å². The summed E-state index contributed by atoms with van der Waals surface area (Å²) in [5.74, 6) is 0.385. The molecule has 0 unspecified atom stereocenters. The van der Waals surface area contributed by atoms with Gasteiger partial charge in [-0.3, -0.25) is 0 Å². The minimum absolute atomic E-state index is 0.107. The van der Waals surface area contributed by atoms with E-state index in [0.29, 0.717) is 12.4 Å². The predicted molar refractivity (Wildman–Crippen MR) is 33.6 cm³/mol. The van der Waals surface area contributed by atoms with Crippen LogP contribution >= 0.6 is 11.6 Å². The first-order chi connectivity index (χ1) is 4.24. The van der Waals surface area contributed by atoms with Crippen LogP contribution in [-0.4, -0.2) is 36.6 Å². The van der Waals surface area contributed by atoms with E-state index in [-0.39, 0.29) is 12.2 Å². The number of alkyl halides is 1. The third kappa shape index (κ3) is 1.27. The summed E-state index contributed by atoms with van der Waals surface area (Å²) in [5, 5.41) is 0. The van der Waals surface area contributed by atoms with Crippen LogP contribution in [0.15, 0.2) is 0 Å². The Bertz CT molecular complexity index is 128. The van der Waals surface area contributed by atoms with Crippen LogP contribution in [0.1, 0.15) is 0 Å². The van der Waals surface area contributed by atoms with Crippen LogP contribution in [0.5, 0.6) is 0 Å². The summed E-state index contributed by atoms with van der Waals surface area (Å²) in [7, 11) is 1.69. The third-order valence-electron chi connectivity index (χ3n) is 1.23. The van der Waals surface area contributed by atoms with Crippen molar-refractivity contribution in [3.63, 3.8) is 0 Å². The van der Waals surface area contributed by atoms with Crippen molar-refractivity contribution in [3.05, 3.63) is 0 Å². The van der Waals surface area contributed by atoms with Gasteiger partial charge < -0.3 is 9.64 Å². The Labute approximate surface area is 58.5 Å². The lowest BCUT2D eigenvalue weighted by atomic mass is 10.4. The van der Waals surface area contributed by atoms with Crippen LogP contribution in [0.3, 0.4) is 0 Å². The van der Waals surface area contributed by atoms with E-state index in [9.17, 15) is 4.79 Å². The Balaban J connectivity index is 2.44. The lowest BCUT2D eigenvalue weighted by Crippen LogP contribution is -2.19. The van der Waals surface area contributed by atoms with Gasteiger partial charge in [0, 0.05) is 7.05 Å². The maximum atomic E-state index is 10.6. The molecule has 1 heterocycles. The number of amides is 1. The Hall–Kier alpha value is -0.440. The zero-order valence-electron chi connectivity index (χ0n) is 5.13. The summed E-state index contributed by atoms with van der Waals surface area (Å²) in [6.07, 6.45) is -0.384. The van der Waals surface area contributed by atoms with Gasteiger partial charge in [-0.1, -0.05) is 0 Å². The molecular weight excluding hydrogens is 142 g/mol. The summed E-state index contributed by atoms with van der Waals surface area (Å²) in [4.78, 5) is 12.1. The third-order valence-corrected chi connectivity index (χ3v) is 1.57. The number of halogens is 1. The number of hydrogen-bond acceptors (Lipinski definition) is 2. The summed E-state index contributed by atoms with van der Waals surface area (Å²) in [5.41, 5.74) is 0. The van der Waals surface area contributed by atoms with Crippen molar-refractivity contribution < 1.29 is 9.53 Å². The average molecular weight is 150 g/mol. The number of likely N-dealkylation sites (N-methyl/N-ethyl adjacent to an activating group) is 1. The number of carbonyl (C=O) groups excluding carboxylic acids is 1. The molecule has 0 aromatic carbocycles. The molecular formula is C5H8ClNO2. The molecule has 0 N–H and O–H groups in total. The van der Waals surface area contributed by atoms with E-state index in [1.54, 1.807) is 7.05 Å². The molecule has 0 radical (unpaired) electrons. The molecule has 1 aliphatic rings. The van der Waals surface area contributed by atoms with Crippen LogP contribution < -0.4 is 0 Å². The second-order valence-electron chi connectivity index (χ2n) is 2.04. The van der Waals surface area contributed by atoms with Gasteiger partial charge in [0.2, 0.25) is 0 Å². The number of ether oxygens (including phenoxy) is 1. The number of carbonyl (C=O) groups is 1. The van der Waals surface area contributed by atoms with Crippen LogP contribution in [0.25, 0.3) is 0 Å². The highest BCUT2D eigenvalue weighted by Gasteiger charge is 2.26. The fourth-order valence-electron chi connectivity index (χ4n) is 0.730. The molecule has 0 aromatic rings. The molecule has 1 atom stereocenters. The molecule has 1 aliphatic heterocycles. The first-order valence-corrected chi connectivity index (χ1v) is 3.25. The van der Waals surface area contributed by atoms with Gasteiger partial charge >= 0.3 is 6.09 Å². The topological polar surface area (TPSA) is 29.5 Å². The van der Waals surface area contributed by atoms with Gasteiger partial charge in [-0.15, -0.1) is 11.6 Å². The normalized spacial score (nSPS) is 26.7. The van der Waals surface area contributed by atoms with E-state index in [0.717, 1.165) is 0 Å². The minimum Gasteiger partial charge on any atom is -0.443 e. The lowest BCUT2D eigenvalue weighted by Gasteiger charge is -2.00. The summed E-state index contributed by atoms with van der Waals surface area (Å²) in [6, 6.07) is 0. The Morgan fingerprint density at radius 3 is 2.89 bits per heavy atom. The first kappa shape index (κ1) is 6.68. The van der Waals surface area contributed by atoms with Crippen molar-refractivity contribution in [3.8, 4) is 0 Å². The fourth-order valence-corrected chi connectivity index (χ4v) is 0.891. The van der Waals surface area contributed by atoms with Crippen molar-refractivity contribution >= 4 is 17.7 Å². The van der Waals surface area contributed by atoms with Gasteiger partial charge in [-0.2, -0.15) is 0 Å². The average Bonchev–Trinajstić information content (AvgIpc) is 2.13. The number of rotatable bonds is 1. The second-order valence-corrected chi connectivity index (χ2v) is 2.35. The molecule has 3 nitrogen and oxygen atoms in total. The van der Waals surface area contributed by atoms with Gasteiger partial charge in [0.25, 0.3) is 0 Å². The van der Waals surface area contributed by atoms with E-state index in [1.807, 2.05) is 0 Å². The molecule has 0 saturated carbocycles. The Kier molecular flexibility index (Phi) is 1.81. The molecule has 1 amide bonds. The van der Waals surface area contributed by atoms with E-state index < -0.39 is 0 Å².